The first-order valence-corrected chi connectivity index (χ1v) is 8.80. The Bertz CT molecular complexity index is 516. The zero-order valence-corrected chi connectivity index (χ0v) is 13.5. The maximum atomic E-state index is 11.8. The number of rotatable bonds is 7. The Hall–Kier alpha value is -0.500. The van der Waals surface area contributed by atoms with Crippen molar-refractivity contribution < 1.29 is 13.2 Å². The summed E-state index contributed by atoms with van der Waals surface area (Å²) in [6, 6.07) is 0. The summed E-state index contributed by atoms with van der Waals surface area (Å²) in [7, 11) is -1.50. The van der Waals surface area contributed by atoms with Gasteiger partial charge in [-0.15, -0.1) is 11.3 Å². The average molecular weight is 306 g/mol. The summed E-state index contributed by atoms with van der Waals surface area (Å²) < 4.78 is 28.8. The smallest absolute Gasteiger partial charge is 0.156 e. The van der Waals surface area contributed by atoms with Crippen molar-refractivity contribution in [2.75, 3.05) is 12.9 Å². The molecular formula is C12H22N2O3S2. The Morgan fingerprint density at radius 2 is 2.05 bits per heavy atom. The molecule has 0 saturated carbocycles. The van der Waals surface area contributed by atoms with Gasteiger partial charge in [0.1, 0.15) is 10.8 Å². The van der Waals surface area contributed by atoms with Crippen LogP contribution >= 0.6 is 11.3 Å². The quantitative estimate of drug-likeness (QED) is 0.830. The fourth-order valence-corrected chi connectivity index (χ4v) is 4.63. The lowest BCUT2D eigenvalue weighted by Gasteiger charge is -2.17. The van der Waals surface area contributed by atoms with Crippen molar-refractivity contribution in [1.82, 2.24) is 4.98 Å². The highest BCUT2D eigenvalue weighted by atomic mass is 32.2. The van der Waals surface area contributed by atoms with Gasteiger partial charge < -0.3 is 10.5 Å². The van der Waals surface area contributed by atoms with Crippen LogP contribution in [-0.4, -0.2) is 26.3 Å². The molecule has 7 heteroatoms. The molecule has 5 nitrogen and oxygen atoms in total. The van der Waals surface area contributed by atoms with Crippen LogP contribution in [0.1, 0.15) is 42.8 Å². The number of nitrogens with two attached hydrogens (primary N) is 1. The van der Waals surface area contributed by atoms with E-state index in [2.05, 4.69) is 4.98 Å². The SMILES string of the molecule is CCCS(=O)(=O)Cc1nc(COC)c(C(C)(C)N)s1. The topological polar surface area (TPSA) is 82.3 Å². The molecular weight excluding hydrogens is 284 g/mol. The molecule has 0 unspecified atom stereocenters. The monoisotopic (exact) mass is 306 g/mol. The molecule has 2 N–H and O–H groups in total. The second kappa shape index (κ2) is 6.30. The summed E-state index contributed by atoms with van der Waals surface area (Å²) in [4.78, 5) is 5.25. The Labute approximate surface area is 119 Å². The standard InChI is InChI=1S/C12H22N2O3S2/c1-5-6-19(15,16)8-10-14-9(7-17-4)11(18-10)12(2,3)13/h5-8,13H2,1-4H3. The van der Waals surface area contributed by atoms with E-state index in [1.807, 2.05) is 20.8 Å². The van der Waals surface area contributed by atoms with Crippen LogP contribution < -0.4 is 5.73 Å². The second-order valence-electron chi connectivity index (χ2n) is 5.13. The van der Waals surface area contributed by atoms with Crippen LogP contribution in [0.2, 0.25) is 0 Å². The summed E-state index contributed by atoms with van der Waals surface area (Å²) in [6.07, 6.45) is 0.619. The lowest BCUT2D eigenvalue weighted by Crippen LogP contribution is -2.28. The summed E-state index contributed by atoms with van der Waals surface area (Å²) in [5, 5.41) is 0.592. The predicted octanol–water partition coefficient (Wildman–Crippen LogP) is 1.81. The number of methoxy groups -OCH3 is 1. The normalized spacial score (nSPS) is 12.9. The van der Waals surface area contributed by atoms with E-state index in [1.165, 1.54) is 11.3 Å². The number of aromatic nitrogens is 1. The molecule has 0 atom stereocenters. The Balaban J connectivity index is 3.05. The summed E-state index contributed by atoms with van der Waals surface area (Å²) in [5.74, 6) is 0.172. The first-order valence-electron chi connectivity index (χ1n) is 6.17. The summed E-state index contributed by atoms with van der Waals surface area (Å²) in [5.41, 5.74) is 6.28. The van der Waals surface area contributed by atoms with Gasteiger partial charge in [0.2, 0.25) is 0 Å². The van der Waals surface area contributed by atoms with Crippen LogP contribution in [0.4, 0.5) is 0 Å². The molecule has 110 valence electrons. The number of nitrogens with zero attached hydrogens (tertiary/aromatic N) is 1. The summed E-state index contributed by atoms with van der Waals surface area (Å²) >= 11 is 1.36. The van der Waals surface area contributed by atoms with E-state index < -0.39 is 15.4 Å². The van der Waals surface area contributed by atoms with Gasteiger partial charge in [0.15, 0.2) is 9.84 Å². The van der Waals surface area contributed by atoms with Crippen LogP contribution in [0.5, 0.6) is 0 Å². The maximum absolute atomic E-state index is 11.8. The number of hydrogen-bond donors (Lipinski definition) is 1. The first-order chi connectivity index (χ1) is 8.69. The van der Waals surface area contributed by atoms with Gasteiger partial charge in [-0.05, 0) is 20.3 Å². The molecule has 0 aliphatic heterocycles. The van der Waals surface area contributed by atoms with Gasteiger partial charge in [0.25, 0.3) is 0 Å². The maximum Gasteiger partial charge on any atom is 0.156 e. The van der Waals surface area contributed by atoms with Crippen LogP contribution in [0.3, 0.4) is 0 Å². The van der Waals surface area contributed by atoms with E-state index in [1.54, 1.807) is 7.11 Å². The number of ether oxygens (including phenoxy) is 1. The van der Waals surface area contributed by atoms with E-state index in [0.717, 1.165) is 10.6 Å². The highest BCUT2D eigenvalue weighted by Crippen LogP contribution is 2.29. The molecule has 19 heavy (non-hydrogen) atoms. The molecule has 0 aliphatic rings. The minimum absolute atomic E-state index is 0.0156. The lowest BCUT2D eigenvalue weighted by atomic mass is 10.0. The second-order valence-corrected chi connectivity index (χ2v) is 8.40. The van der Waals surface area contributed by atoms with E-state index in [0.29, 0.717) is 18.0 Å². The molecule has 1 aromatic heterocycles. The molecule has 1 aromatic rings. The lowest BCUT2D eigenvalue weighted by molar-refractivity contribution is 0.180. The van der Waals surface area contributed by atoms with E-state index in [-0.39, 0.29) is 11.5 Å². The molecule has 0 amide bonds. The third kappa shape index (κ3) is 4.83. The molecule has 1 heterocycles. The predicted molar refractivity (Wildman–Crippen MR) is 77.8 cm³/mol. The van der Waals surface area contributed by atoms with Crippen molar-refractivity contribution in [1.29, 1.82) is 0 Å². The number of hydrogen-bond acceptors (Lipinski definition) is 6. The Kier molecular flexibility index (Phi) is 5.49. The molecule has 0 bridgehead atoms. The third-order valence-corrected chi connectivity index (χ3v) is 5.83. The van der Waals surface area contributed by atoms with E-state index in [9.17, 15) is 8.42 Å². The van der Waals surface area contributed by atoms with E-state index >= 15 is 0 Å². The van der Waals surface area contributed by atoms with Crippen molar-refractivity contribution in [2.24, 2.45) is 5.73 Å². The van der Waals surface area contributed by atoms with Gasteiger partial charge in [-0.3, -0.25) is 0 Å². The van der Waals surface area contributed by atoms with Gasteiger partial charge in [0, 0.05) is 17.5 Å². The average Bonchev–Trinajstić information content (AvgIpc) is 2.60. The zero-order chi connectivity index (χ0) is 14.7. The van der Waals surface area contributed by atoms with Crippen LogP contribution in [0.15, 0.2) is 0 Å². The van der Waals surface area contributed by atoms with Crippen molar-refractivity contribution in [2.45, 2.75) is 45.1 Å². The molecule has 0 aliphatic carbocycles. The fraction of sp³-hybridized carbons (Fsp3) is 0.750. The van der Waals surface area contributed by atoms with E-state index in [4.69, 9.17) is 10.5 Å². The highest BCUT2D eigenvalue weighted by Gasteiger charge is 2.25. The Morgan fingerprint density at radius 1 is 1.42 bits per heavy atom. The molecule has 0 spiro atoms. The number of thiazole rings is 1. The van der Waals surface area contributed by atoms with Crippen LogP contribution in [0, 0.1) is 0 Å². The van der Waals surface area contributed by atoms with Crippen molar-refractivity contribution in [3.8, 4) is 0 Å². The number of sulfone groups is 1. The summed E-state index contributed by atoms with van der Waals surface area (Å²) in [6.45, 7) is 5.96. The first kappa shape index (κ1) is 16.6. The third-order valence-electron chi connectivity index (χ3n) is 2.47. The highest BCUT2D eigenvalue weighted by molar-refractivity contribution is 7.90. The minimum Gasteiger partial charge on any atom is -0.378 e. The van der Waals surface area contributed by atoms with Gasteiger partial charge in [-0.1, -0.05) is 6.92 Å². The molecule has 0 fully saturated rings. The van der Waals surface area contributed by atoms with Crippen molar-refractivity contribution in [3.05, 3.63) is 15.6 Å². The van der Waals surface area contributed by atoms with Crippen molar-refractivity contribution >= 4 is 21.2 Å². The molecule has 1 rings (SSSR count). The largest absolute Gasteiger partial charge is 0.378 e. The van der Waals surface area contributed by atoms with Crippen LogP contribution in [-0.2, 0) is 32.5 Å². The van der Waals surface area contributed by atoms with Gasteiger partial charge in [-0.25, -0.2) is 13.4 Å². The van der Waals surface area contributed by atoms with Gasteiger partial charge in [-0.2, -0.15) is 0 Å². The molecule has 0 aromatic carbocycles. The van der Waals surface area contributed by atoms with Crippen LogP contribution in [0.25, 0.3) is 0 Å². The molecule has 0 radical (unpaired) electrons. The zero-order valence-electron chi connectivity index (χ0n) is 11.9. The molecule has 0 saturated heterocycles. The van der Waals surface area contributed by atoms with Crippen molar-refractivity contribution in [3.63, 3.8) is 0 Å². The van der Waals surface area contributed by atoms with Gasteiger partial charge in [0.05, 0.1) is 18.1 Å². The Morgan fingerprint density at radius 3 is 2.53 bits per heavy atom. The fourth-order valence-electron chi connectivity index (χ4n) is 1.77. The van der Waals surface area contributed by atoms with Gasteiger partial charge >= 0.3 is 0 Å². The minimum atomic E-state index is -3.08.